The lowest BCUT2D eigenvalue weighted by Crippen LogP contribution is -2.43. The summed E-state index contributed by atoms with van der Waals surface area (Å²) in [6.45, 7) is 12.2. The number of hydrogen-bond acceptors (Lipinski definition) is 5. The van der Waals surface area contributed by atoms with Gasteiger partial charge in [-0.1, -0.05) is 34.6 Å². The predicted molar refractivity (Wildman–Crippen MR) is 79.2 cm³/mol. The number of thioether (sulfide) groups is 1. The van der Waals surface area contributed by atoms with Crippen molar-refractivity contribution in [1.29, 1.82) is 0 Å². The number of ether oxygens (including phenoxy) is 1. The van der Waals surface area contributed by atoms with Crippen LogP contribution in [0.1, 0.15) is 48.0 Å². The second-order valence-corrected chi connectivity index (χ2v) is 7.76. The van der Waals surface area contributed by atoms with Crippen molar-refractivity contribution in [1.82, 2.24) is 0 Å². The summed E-state index contributed by atoms with van der Waals surface area (Å²) >= 11 is 1.60. The van der Waals surface area contributed by atoms with Crippen LogP contribution in [0.2, 0.25) is 0 Å². The Bertz CT molecular complexity index is 343. The summed E-state index contributed by atoms with van der Waals surface area (Å²) in [5, 5.41) is 0. The number of hydrogen-bond donors (Lipinski definition) is 0. The monoisotopic (exact) mass is 287 g/mol. The van der Waals surface area contributed by atoms with Crippen molar-refractivity contribution < 1.29 is 14.3 Å². The van der Waals surface area contributed by atoms with Crippen LogP contribution in [0.5, 0.6) is 0 Å². The summed E-state index contributed by atoms with van der Waals surface area (Å²) in [5.41, 5.74) is -1.11. The second-order valence-electron chi connectivity index (χ2n) is 5.95. The minimum atomic E-state index is -1.11. The summed E-state index contributed by atoms with van der Waals surface area (Å²) < 4.78 is 5.09. The Labute approximate surface area is 120 Å². The van der Waals surface area contributed by atoms with Gasteiger partial charge in [-0.3, -0.25) is 0 Å². The molecule has 0 radical (unpaired) electrons. The number of isocyanates is 1. The Kier molecular flexibility index (Phi) is 7.38. The Morgan fingerprint density at radius 3 is 2.32 bits per heavy atom. The van der Waals surface area contributed by atoms with Crippen molar-refractivity contribution in [2.45, 2.75) is 58.2 Å². The normalized spacial score (nSPS) is 14.7. The molecule has 4 nitrogen and oxygen atoms in total. The largest absolute Gasteiger partial charge is 0.464 e. The molecule has 0 N–H and O–H groups in total. The molecule has 0 unspecified atom stereocenters. The first kappa shape index (κ1) is 18.2. The molecule has 0 bridgehead atoms. The van der Waals surface area contributed by atoms with Gasteiger partial charge in [0.15, 0.2) is 5.54 Å². The van der Waals surface area contributed by atoms with E-state index in [1.807, 2.05) is 13.8 Å². The van der Waals surface area contributed by atoms with E-state index in [1.165, 1.54) is 0 Å². The van der Waals surface area contributed by atoms with E-state index in [-0.39, 0.29) is 17.3 Å². The van der Waals surface area contributed by atoms with Crippen molar-refractivity contribution in [2.24, 2.45) is 10.9 Å². The van der Waals surface area contributed by atoms with Gasteiger partial charge in [0, 0.05) is 10.5 Å². The van der Waals surface area contributed by atoms with Gasteiger partial charge >= 0.3 is 5.97 Å². The van der Waals surface area contributed by atoms with Crippen molar-refractivity contribution in [3.05, 3.63) is 0 Å². The molecule has 0 fully saturated rings. The Morgan fingerprint density at radius 1 is 1.37 bits per heavy atom. The maximum Gasteiger partial charge on any atom is 0.335 e. The lowest BCUT2D eigenvalue weighted by atomic mass is 9.91. The van der Waals surface area contributed by atoms with Gasteiger partial charge in [-0.2, -0.15) is 16.8 Å². The molecular weight excluding hydrogens is 262 g/mol. The van der Waals surface area contributed by atoms with Gasteiger partial charge < -0.3 is 4.74 Å². The molecule has 0 heterocycles. The molecule has 0 aliphatic heterocycles. The molecule has 5 heteroatoms. The van der Waals surface area contributed by atoms with Crippen LogP contribution in [0.3, 0.4) is 0 Å². The topological polar surface area (TPSA) is 55.7 Å². The minimum absolute atomic E-state index is 0.00682. The maximum absolute atomic E-state index is 12.2. The molecule has 110 valence electrons. The predicted octanol–water partition coefficient (Wildman–Crippen LogP) is 3.20. The quantitative estimate of drug-likeness (QED) is 0.410. The SMILES string of the molecule is CCOC(=O)[C@](CSC(C)(C)C)(CC(C)C)N=C=O. The van der Waals surface area contributed by atoms with Crippen LogP contribution >= 0.6 is 11.8 Å². The van der Waals surface area contributed by atoms with E-state index in [1.54, 1.807) is 24.8 Å². The van der Waals surface area contributed by atoms with E-state index in [2.05, 4.69) is 25.8 Å². The first-order valence-electron chi connectivity index (χ1n) is 6.57. The van der Waals surface area contributed by atoms with Crippen LogP contribution in [0.25, 0.3) is 0 Å². The molecule has 0 rings (SSSR count). The average Bonchev–Trinajstić information content (AvgIpc) is 2.24. The van der Waals surface area contributed by atoms with E-state index in [0.29, 0.717) is 12.2 Å². The van der Waals surface area contributed by atoms with Crippen molar-refractivity contribution in [3.63, 3.8) is 0 Å². The highest BCUT2D eigenvalue weighted by Crippen LogP contribution is 2.33. The molecule has 0 aliphatic rings. The number of aliphatic imine (C=N–C) groups is 1. The van der Waals surface area contributed by atoms with Gasteiger partial charge in [-0.25, -0.2) is 9.59 Å². The smallest absolute Gasteiger partial charge is 0.335 e. The zero-order chi connectivity index (χ0) is 15.1. The summed E-state index contributed by atoms with van der Waals surface area (Å²) in [6.07, 6.45) is 2.04. The van der Waals surface area contributed by atoms with Crippen molar-refractivity contribution in [2.75, 3.05) is 12.4 Å². The van der Waals surface area contributed by atoms with Crippen LogP contribution in [0.4, 0.5) is 0 Å². The zero-order valence-corrected chi connectivity index (χ0v) is 13.6. The second kappa shape index (κ2) is 7.71. The van der Waals surface area contributed by atoms with E-state index in [9.17, 15) is 9.59 Å². The highest BCUT2D eigenvalue weighted by Gasteiger charge is 2.41. The lowest BCUT2D eigenvalue weighted by Gasteiger charge is -2.30. The molecular formula is C14H25NO3S. The Morgan fingerprint density at radius 2 is 1.95 bits per heavy atom. The third kappa shape index (κ3) is 6.79. The van der Waals surface area contributed by atoms with Crippen molar-refractivity contribution >= 4 is 23.8 Å². The third-order valence-electron chi connectivity index (χ3n) is 2.40. The van der Waals surface area contributed by atoms with E-state index >= 15 is 0 Å². The van der Waals surface area contributed by atoms with Gasteiger partial charge in [0.1, 0.15) is 0 Å². The van der Waals surface area contributed by atoms with Crippen LogP contribution in [0.15, 0.2) is 4.99 Å². The fourth-order valence-electron chi connectivity index (χ4n) is 1.69. The lowest BCUT2D eigenvalue weighted by molar-refractivity contribution is -0.149. The molecule has 0 saturated carbocycles. The molecule has 19 heavy (non-hydrogen) atoms. The molecule has 0 aromatic carbocycles. The van der Waals surface area contributed by atoms with Gasteiger partial charge in [0.2, 0.25) is 6.08 Å². The molecule has 0 aliphatic carbocycles. The first-order chi connectivity index (χ1) is 8.67. The maximum atomic E-state index is 12.2. The van der Waals surface area contributed by atoms with E-state index in [0.717, 1.165) is 0 Å². The highest BCUT2D eigenvalue weighted by molar-refractivity contribution is 8.00. The number of rotatable bonds is 7. The summed E-state index contributed by atoms with van der Waals surface area (Å²) in [6, 6.07) is 0. The number of nitrogens with zero attached hydrogens (tertiary/aromatic N) is 1. The first-order valence-corrected chi connectivity index (χ1v) is 7.55. The average molecular weight is 287 g/mol. The molecule has 0 aromatic heterocycles. The number of esters is 1. The zero-order valence-electron chi connectivity index (χ0n) is 12.8. The van der Waals surface area contributed by atoms with Gasteiger partial charge in [-0.15, -0.1) is 0 Å². The Balaban J connectivity index is 5.24. The number of carbonyl (C=O) groups is 1. The molecule has 0 aromatic rings. The molecule has 1 atom stereocenters. The van der Waals surface area contributed by atoms with Crippen LogP contribution < -0.4 is 0 Å². The minimum Gasteiger partial charge on any atom is -0.464 e. The fraction of sp³-hybridized carbons (Fsp3) is 0.857. The van der Waals surface area contributed by atoms with Gasteiger partial charge in [0.05, 0.1) is 6.61 Å². The number of carbonyl (C=O) groups excluding carboxylic acids is 2. The third-order valence-corrected chi connectivity index (χ3v) is 3.89. The summed E-state index contributed by atoms with van der Waals surface area (Å²) in [7, 11) is 0. The molecule has 0 saturated heterocycles. The standard InChI is InChI=1S/C14H25NO3S/c1-7-18-12(17)14(15-10-16,8-11(2)3)9-19-13(4,5)6/h11H,7-9H2,1-6H3/t14-/m1/s1. The fourth-order valence-corrected chi connectivity index (χ4v) is 2.66. The van der Waals surface area contributed by atoms with E-state index < -0.39 is 11.5 Å². The van der Waals surface area contributed by atoms with Crippen LogP contribution in [-0.2, 0) is 14.3 Å². The van der Waals surface area contributed by atoms with Gasteiger partial charge in [-0.05, 0) is 19.3 Å². The summed E-state index contributed by atoms with van der Waals surface area (Å²) in [4.78, 5) is 26.7. The summed E-state index contributed by atoms with van der Waals surface area (Å²) in [5.74, 6) is 0.244. The van der Waals surface area contributed by atoms with E-state index in [4.69, 9.17) is 4.74 Å². The van der Waals surface area contributed by atoms with Crippen molar-refractivity contribution in [3.8, 4) is 0 Å². The van der Waals surface area contributed by atoms with Crippen LogP contribution in [-0.4, -0.2) is 34.7 Å². The molecule has 0 amide bonds. The Hall–Kier alpha value is -0.800. The molecule has 0 spiro atoms. The highest BCUT2D eigenvalue weighted by atomic mass is 32.2. The van der Waals surface area contributed by atoms with Gasteiger partial charge in [0.25, 0.3) is 0 Å². The van der Waals surface area contributed by atoms with Crippen LogP contribution in [0, 0.1) is 5.92 Å².